The molecule has 0 radical (unpaired) electrons. The van der Waals surface area contributed by atoms with Crippen molar-refractivity contribution >= 4 is 22.8 Å². The van der Waals surface area contributed by atoms with Crippen LogP contribution in [0.4, 0.5) is 11.8 Å². The van der Waals surface area contributed by atoms with Crippen LogP contribution in [0, 0.1) is 0 Å². The summed E-state index contributed by atoms with van der Waals surface area (Å²) in [7, 11) is 0. The van der Waals surface area contributed by atoms with Crippen molar-refractivity contribution in [1.82, 2.24) is 30.3 Å². The van der Waals surface area contributed by atoms with Gasteiger partial charge in [-0.15, -0.1) is 0 Å². The van der Waals surface area contributed by atoms with E-state index >= 15 is 0 Å². The molecule has 98 valence electrons. The zero-order valence-corrected chi connectivity index (χ0v) is 9.79. The van der Waals surface area contributed by atoms with Crippen molar-refractivity contribution in [1.29, 1.82) is 0 Å². The largest absolute Gasteiger partial charge is 0.369 e. The number of hydrogen-bond donors (Lipinski definition) is 4. The minimum absolute atomic E-state index is 0.304. The maximum absolute atomic E-state index is 5.31. The lowest BCUT2D eigenvalue weighted by Crippen LogP contribution is -2.13. The first kappa shape index (κ1) is 11.3. The number of H-pyrrole nitrogens is 1. The molecule has 0 atom stereocenters. The van der Waals surface area contributed by atoms with Gasteiger partial charge in [-0.2, -0.15) is 20.1 Å². The summed E-state index contributed by atoms with van der Waals surface area (Å²) in [4.78, 5) is 12.3. The molecule has 19 heavy (non-hydrogen) atoms. The van der Waals surface area contributed by atoms with Gasteiger partial charge in [0.15, 0.2) is 11.5 Å². The molecular formula is C9H11N9O. The van der Waals surface area contributed by atoms with Gasteiger partial charge in [-0.3, -0.25) is 10.5 Å². The number of fused-ring (bicyclic) bond motifs is 1. The number of nitrogens with zero attached hydrogens (tertiary/aromatic N) is 5. The summed E-state index contributed by atoms with van der Waals surface area (Å²) in [6.07, 6.45) is 3.56. The average Bonchev–Trinajstić information content (AvgIpc) is 3.08. The van der Waals surface area contributed by atoms with Crippen molar-refractivity contribution in [2.24, 2.45) is 5.84 Å². The van der Waals surface area contributed by atoms with Gasteiger partial charge in [0.05, 0.1) is 11.6 Å². The van der Waals surface area contributed by atoms with E-state index in [0.29, 0.717) is 36.2 Å². The van der Waals surface area contributed by atoms with E-state index in [0.717, 1.165) is 5.39 Å². The maximum Gasteiger partial charge on any atom is 0.241 e. The topological polar surface area (TPSA) is 143 Å². The highest BCUT2D eigenvalue weighted by Crippen LogP contribution is 2.19. The lowest BCUT2D eigenvalue weighted by molar-refractivity contribution is 0.410. The normalized spacial score (nSPS) is 10.8. The van der Waals surface area contributed by atoms with Crippen molar-refractivity contribution in [2.75, 3.05) is 17.3 Å². The van der Waals surface area contributed by atoms with Gasteiger partial charge in [-0.25, -0.2) is 5.84 Å². The molecule has 0 bridgehead atoms. The summed E-state index contributed by atoms with van der Waals surface area (Å²) < 4.78 is 4.66. The highest BCUT2D eigenvalue weighted by Gasteiger charge is 2.08. The van der Waals surface area contributed by atoms with Crippen molar-refractivity contribution in [3.05, 3.63) is 18.4 Å². The number of rotatable bonds is 5. The Balaban J connectivity index is 1.77. The lowest BCUT2D eigenvalue weighted by atomic mass is 10.3. The highest BCUT2D eigenvalue weighted by atomic mass is 16.5. The summed E-state index contributed by atoms with van der Waals surface area (Å²) in [6, 6.07) is 0. The first-order chi connectivity index (χ1) is 9.36. The molecule has 0 aliphatic heterocycles. The van der Waals surface area contributed by atoms with E-state index in [4.69, 9.17) is 5.84 Å². The molecule has 3 aromatic rings. The van der Waals surface area contributed by atoms with Crippen LogP contribution in [-0.2, 0) is 6.42 Å². The number of nitrogens with two attached hydrogens (primary N) is 1. The molecule has 0 unspecified atom stereocenters. The van der Waals surface area contributed by atoms with Crippen molar-refractivity contribution in [2.45, 2.75) is 6.42 Å². The van der Waals surface area contributed by atoms with E-state index in [1.54, 1.807) is 6.20 Å². The van der Waals surface area contributed by atoms with E-state index in [9.17, 15) is 0 Å². The van der Waals surface area contributed by atoms with Gasteiger partial charge in [0.1, 0.15) is 5.82 Å². The molecule has 0 aliphatic rings. The van der Waals surface area contributed by atoms with Gasteiger partial charge < -0.3 is 9.84 Å². The van der Waals surface area contributed by atoms with Gasteiger partial charge >= 0.3 is 0 Å². The molecule has 10 heteroatoms. The Labute approximate surface area is 106 Å². The second-order valence-corrected chi connectivity index (χ2v) is 3.70. The molecule has 0 saturated heterocycles. The van der Waals surface area contributed by atoms with Crippen LogP contribution in [0.5, 0.6) is 0 Å². The fourth-order valence-electron chi connectivity index (χ4n) is 1.63. The second-order valence-electron chi connectivity index (χ2n) is 3.70. The standard InChI is InChI=1S/C9H11N9O/c10-16-9-14-7(5-3-13-17-8(5)15-9)11-2-1-6-12-4-19-18-6/h3-4H,1-2,10H2,(H3,11,13,14,15,16,17). The molecular weight excluding hydrogens is 250 g/mol. The first-order valence-electron chi connectivity index (χ1n) is 5.53. The number of nitrogen functional groups attached to an aromatic ring is 1. The Hall–Kier alpha value is -2.75. The molecule has 0 amide bonds. The van der Waals surface area contributed by atoms with Crippen LogP contribution < -0.4 is 16.6 Å². The molecule has 3 heterocycles. The van der Waals surface area contributed by atoms with Gasteiger partial charge in [-0.1, -0.05) is 5.16 Å². The lowest BCUT2D eigenvalue weighted by Gasteiger charge is -2.06. The zero-order valence-electron chi connectivity index (χ0n) is 9.79. The maximum atomic E-state index is 5.31. The van der Waals surface area contributed by atoms with Crippen LogP contribution in [-0.4, -0.2) is 36.9 Å². The van der Waals surface area contributed by atoms with Crippen molar-refractivity contribution < 1.29 is 4.52 Å². The Morgan fingerprint density at radius 2 is 2.32 bits per heavy atom. The summed E-state index contributed by atoms with van der Waals surface area (Å²) in [5.74, 6) is 6.88. The molecule has 0 aliphatic carbocycles. The SMILES string of the molecule is NNc1nc(NCCc2ncon2)c2cn[nH]c2n1. The predicted octanol–water partition coefficient (Wildman–Crippen LogP) is -0.324. The second kappa shape index (κ2) is 4.86. The Morgan fingerprint density at radius 1 is 1.37 bits per heavy atom. The molecule has 10 nitrogen and oxygen atoms in total. The summed E-state index contributed by atoms with van der Waals surface area (Å²) >= 11 is 0. The minimum atomic E-state index is 0.304. The third kappa shape index (κ3) is 2.28. The molecule has 0 spiro atoms. The number of aromatic amines is 1. The number of aromatic nitrogens is 6. The molecule has 0 fully saturated rings. The Kier molecular flexibility index (Phi) is 2.90. The van der Waals surface area contributed by atoms with E-state index in [1.165, 1.54) is 6.39 Å². The zero-order chi connectivity index (χ0) is 13.1. The van der Waals surface area contributed by atoms with Crippen LogP contribution in [0.3, 0.4) is 0 Å². The number of nitrogens with one attached hydrogen (secondary N) is 3. The van der Waals surface area contributed by atoms with E-state index in [2.05, 4.69) is 45.6 Å². The number of hydrogen-bond acceptors (Lipinski definition) is 9. The monoisotopic (exact) mass is 261 g/mol. The van der Waals surface area contributed by atoms with Crippen LogP contribution in [0.15, 0.2) is 17.1 Å². The third-order valence-electron chi connectivity index (χ3n) is 2.49. The summed E-state index contributed by atoms with van der Waals surface area (Å²) in [6.45, 7) is 0.598. The van der Waals surface area contributed by atoms with Gasteiger partial charge in [0.25, 0.3) is 0 Å². The predicted molar refractivity (Wildman–Crippen MR) is 66.0 cm³/mol. The van der Waals surface area contributed by atoms with Crippen molar-refractivity contribution in [3.8, 4) is 0 Å². The quantitative estimate of drug-likeness (QED) is 0.358. The van der Waals surface area contributed by atoms with Crippen molar-refractivity contribution in [3.63, 3.8) is 0 Å². The van der Waals surface area contributed by atoms with Gasteiger partial charge in [0, 0.05) is 13.0 Å². The molecule has 5 N–H and O–H groups in total. The summed E-state index contributed by atoms with van der Waals surface area (Å²) in [5.41, 5.74) is 3.01. The average molecular weight is 261 g/mol. The minimum Gasteiger partial charge on any atom is -0.369 e. The Bertz CT molecular complexity index is 661. The van der Waals surface area contributed by atoms with Crippen LogP contribution >= 0.6 is 0 Å². The van der Waals surface area contributed by atoms with Crippen LogP contribution in [0.25, 0.3) is 11.0 Å². The smallest absolute Gasteiger partial charge is 0.241 e. The molecule has 0 aromatic carbocycles. The van der Waals surface area contributed by atoms with Gasteiger partial charge in [0.2, 0.25) is 12.3 Å². The van der Waals surface area contributed by atoms with Gasteiger partial charge in [-0.05, 0) is 0 Å². The molecule has 0 saturated carbocycles. The molecule has 3 rings (SSSR count). The van der Waals surface area contributed by atoms with E-state index in [-0.39, 0.29) is 0 Å². The van der Waals surface area contributed by atoms with E-state index in [1.807, 2.05) is 0 Å². The fraction of sp³-hybridized carbons (Fsp3) is 0.222. The third-order valence-corrected chi connectivity index (χ3v) is 2.49. The molecule has 3 aromatic heterocycles. The van der Waals surface area contributed by atoms with Crippen LogP contribution in [0.2, 0.25) is 0 Å². The fourth-order valence-corrected chi connectivity index (χ4v) is 1.63. The summed E-state index contributed by atoms with van der Waals surface area (Å²) in [5, 5.41) is 14.3. The number of hydrazine groups is 1. The first-order valence-corrected chi connectivity index (χ1v) is 5.53. The van der Waals surface area contributed by atoms with E-state index < -0.39 is 0 Å². The Morgan fingerprint density at radius 3 is 3.11 bits per heavy atom. The highest BCUT2D eigenvalue weighted by molar-refractivity contribution is 5.86. The van der Waals surface area contributed by atoms with Crippen LogP contribution in [0.1, 0.15) is 5.82 Å². The number of anilines is 2.